The first kappa shape index (κ1) is 12.0. The molecule has 0 spiro atoms. The van der Waals surface area contributed by atoms with E-state index in [2.05, 4.69) is 0 Å². The molecule has 1 aliphatic rings. The predicted molar refractivity (Wildman–Crippen MR) is 58.2 cm³/mol. The lowest BCUT2D eigenvalue weighted by Crippen LogP contribution is -2.28. The van der Waals surface area contributed by atoms with Crippen molar-refractivity contribution in [3.8, 4) is 0 Å². The minimum absolute atomic E-state index is 0.0635. The molecule has 17 heavy (non-hydrogen) atoms. The number of carbonyl (C=O) groups excluding carboxylic acids is 1. The molecule has 0 bridgehead atoms. The first-order chi connectivity index (χ1) is 8.16. The maximum Gasteiger partial charge on any atom is 0.338 e. The third kappa shape index (κ3) is 3.03. The van der Waals surface area contributed by atoms with Gasteiger partial charge in [0, 0.05) is 6.42 Å². The van der Waals surface area contributed by atoms with Crippen LogP contribution in [0.4, 0.5) is 0 Å². The number of rotatable bonds is 3. The average molecular weight is 238 g/mol. The number of benzene rings is 1. The van der Waals surface area contributed by atoms with Gasteiger partial charge in [0.1, 0.15) is 12.7 Å². The van der Waals surface area contributed by atoms with E-state index >= 15 is 0 Å². The minimum atomic E-state index is -0.981. The van der Waals surface area contributed by atoms with E-state index < -0.39 is 24.5 Å². The summed E-state index contributed by atoms with van der Waals surface area (Å²) in [5, 5.41) is 18.6. The third-order valence-electron chi connectivity index (χ3n) is 2.59. The van der Waals surface area contributed by atoms with Gasteiger partial charge in [0.25, 0.3) is 0 Å². The zero-order chi connectivity index (χ0) is 12.3. The van der Waals surface area contributed by atoms with Crippen LogP contribution in [-0.4, -0.2) is 41.3 Å². The van der Waals surface area contributed by atoms with Gasteiger partial charge in [-0.15, -0.1) is 0 Å². The van der Waals surface area contributed by atoms with E-state index in [-0.39, 0.29) is 13.0 Å². The summed E-state index contributed by atoms with van der Waals surface area (Å²) in [5.74, 6) is -0.470. The summed E-state index contributed by atoms with van der Waals surface area (Å²) in [4.78, 5) is 11.6. The number of hydrogen-bond acceptors (Lipinski definition) is 5. The van der Waals surface area contributed by atoms with Crippen LogP contribution in [0.5, 0.6) is 0 Å². The van der Waals surface area contributed by atoms with E-state index in [0.717, 1.165) is 0 Å². The van der Waals surface area contributed by atoms with Crippen LogP contribution in [0.15, 0.2) is 30.3 Å². The highest BCUT2D eigenvalue weighted by atomic mass is 16.6. The van der Waals surface area contributed by atoms with Crippen LogP contribution in [-0.2, 0) is 9.47 Å². The van der Waals surface area contributed by atoms with Crippen molar-refractivity contribution in [2.24, 2.45) is 0 Å². The van der Waals surface area contributed by atoms with Gasteiger partial charge in [-0.05, 0) is 12.1 Å². The van der Waals surface area contributed by atoms with Crippen molar-refractivity contribution in [3.63, 3.8) is 0 Å². The van der Waals surface area contributed by atoms with Gasteiger partial charge in [-0.3, -0.25) is 0 Å². The molecule has 1 heterocycles. The molecule has 0 aromatic heterocycles. The molecule has 5 heteroatoms. The number of carbonyl (C=O) groups is 1. The van der Waals surface area contributed by atoms with E-state index in [4.69, 9.17) is 14.6 Å². The van der Waals surface area contributed by atoms with Gasteiger partial charge >= 0.3 is 5.97 Å². The second-order valence-corrected chi connectivity index (χ2v) is 3.90. The highest BCUT2D eigenvalue weighted by Crippen LogP contribution is 2.19. The fourth-order valence-electron chi connectivity index (χ4n) is 1.67. The maximum atomic E-state index is 11.6. The molecule has 2 rings (SSSR count). The number of esters is 1. The van der Waals surface area contributed by atoms with Crippen LogP contribution in [0, 0.1) is 0 Å². The Morgan fingerprint density at radius 2 is 2.06 bits per heavy atom. The van der Waals surface area contributed by atoms with E-state index in [1.165, 1.54) is 0 Å². The molecule has 0 saturated carbocycles. The number of ether oxygens (including phenoxy) is 2. The number of aliphatic hydroxyl groups excluding tert-OH is 2. The molecular weight excluding hydrogens is 224 g/mol. The van der Waals surface area contributed by atoms with Gasteiger partial charge in [-0.25, -0.2) is 4.79 Å². The predicted octanol–water partition coefficient (Wildman–Crippen LogP) is 0.312. The van der Waals surface area contributed by atoms with E-state index in [9.17, 15) is 9.90 Å². The molecular formula is C12H14O5. The molecule has 0 radical (unpaired) electrons. The van der Waals surface area contributed by atoms with Crippen molar-refractivity contribution < 1.29 is 24.5 Å². The summed E-state index contributed by atoms with van der Waals surface area (Å²) in [5.41, 5.74) is 0.445. The molecule has 3 unspecified atom stereocenters. The van der Waals surface area contributed by atoms with E-state index in [1.54, 1.807) is 30.3 Å². The summed E-state index contributed by atoms with van der Waals surface area (Å²) < 4.78 is 9.98. The van der Waals surface area contributed by atoms with Gasteiger partial charge in [0.15, 0.2) is 6.29 Å². The molecule has 1 aromatic carbocycles. The number of aliphatic hydroxyl groups is 2. The van der Waals surface area contributed by atoms with Crippen molar-refractivity contribution in [2.45, 2.75) is 24.9 Å². The molecule has 5 nitrogen and oxygen atoms in total. The molecule has 92 valence electrons. The fraction of sp³-hybridized carbons (Fsp3) is 0.417. The summed E-state index contributed by atoms with van der Waals surface area (Å²) in [6, 6.07) is 8.56. The average Bonchev–Trinajstić information content (AvgIpc) is 2.66. The first-order valence-electron chi connectivity index (χ1n) is 5.40. The molecule has 0 aliphatic carbocycles. The van der Waals surface area contributed by atoms with Crippen LogP contribution in [0.25, 0.3) is 0 Å². The Labute approximate surface area is 98.6 Å². The second-order valence-electron chi connectivity index (χ2n) is 3.90. The lowest BCUT2D eigenvalue weighted by atomic mass is 10.2. The van der Waals surface area contributed by atoms with Crippen LogP contribution in [0.3, 0.4) is 0 Å². The fourth-order valence-corrected chi connectivity index (χ4v) is 1.67. The highest BCUT2D eigenvalue weighted by Gasteiger charge is 2.33. The molecule has 0 amide bonds. The largest absolute Gasteiger partial charge is 0.459 e. The lowest BCUT2D eigenvalue weighted by molar-refractivity contribution is -0.109. The molecule has 1 aromatic rings. The first-order valence-corrected chi connectivity index (χ1v) is 5.40. The Morgan fingerprint density at radius 3 is 2.65 bits per heavy atom. The van der Waals surface area contributed by atoms with Gasteiger partial charge in [0.05, 0.1) is 11.7 Å². The maximum absolute atomic E-state index is 11.6. The van der Waals surface area contributed by atoms with Gasteiger partial charge in [-0.2, -0.15) is 0 Å². The summed E-state index contributed by atoms with van der Waals surface area (Å²) in [7, 11) is 0. The van der Waals surface area contributed by atoms with Crippen molar-refractivity contribution in [3.05, 3.63) is 35.9 Å². The third-order valence-corrected chi connectivity index (χ3v) is 2.59. The lowest BCUT2D eigenvalue weighted by Gasteiger charge is -2.13. The second kappa shape index (κ2) is 5.27. The van der Waals surface area contributed by atoms with Gasteiger partial charge < -0.3 is 19.7 Å². The standard InChI is InChI=1S/C12H14O5/c13-9-6-11(14)17-10(9)7-16-12(15)8-4-2-1-3-5-8/h1-5,9-11,13-14H,6-7H2. The van der Waals surface area contributed by atoms with Gasteiger partial charge in [-0.1, -0.05) is 18.2 Å². The SMILES string of the molecule is O=C(OCC1OC(O)CC1O)c1ccccc1. The molecule has 1 fully saturated rings. The minimum Gasteiger partial charge on any atom is -0.459 e. The van der Waals surface area contributed by atoms with Crippen LogP contribution in [0.2, 0.25) is 0 Å². The Kier molecular flexibility index (Phi) is 3.73. The van der Waals surface area contributed by atoms with Crippen LogP contribution >= 0.6 is 0 Å². The Balaban J connectivity index is 1.85. The zero-order valence-electron chi connectivity index (χ0n) is 9.15. The number of hydrogen-bond donors (Lipinski definition) is 2. The molecule has 1 aliphatic heterocycles. The molecule has 3 atom stereocenters. The van der Waals surface area contributed by atoms with Crippen LogP contribution < -0.4 is 0 Å². The molecule has 1 saturated heterocycles. The summed E-state index contributed by atoms with van der Waals surface area (Å²) in [6.45, 7) is -0.0635. The van der Waals surface area contributed by atoms with Crippen LogP contribution in [0.1, 0.15) is 16.8 Å². The Bertz CT molecular complexity index is 378. The van der Waals surface area contributed by atoms with E-state index in [0.29, 0.717) is 5.56 Å². The summed E-state index contributed by atoms with van der Waals surface area (Å²) in [6.07, 6.45) is -2.29. The van der Waals surface area contributed by atoms with Crippen molar-refractivity contribution >= 4 is 5.97 Å². The molecule has 2 N–H and O–H groups in total. The Morgan fingerprint density at radius 1 is 1.35 bits per heavy atom. The Hall–Kier alpha value is -1.43. The van der Waals surface area contributed by atoms with Gasteiger partial charge in [0.2, 0.25) is 0 Å². The highest BCUT2D eigenvalue weighted by molar-refractivity contribution is 5.89. The summed E-state index contributed by atoms with van der Waals surface area (Å²) >= 11 is 0. The normalized spacial score (nSPS) is 28.0. The van der Waals surface area contributed by atoms with Crippen molar-refractivity contribution in [2.75, 3.05) is 6.61 Å². The monoisotopic (exact) mass is 238 g/mol. The zero-order valence-corrected chi connectivity index (χ0v) is 9.15. The quantitative estimate of drug-likeness (QED) is 0.741. The topological polar surface area (TPSA) is 76.0 Å². The van der Waals surface area contributed by atoms with Crippen molar-refractivity contribution in [1.29, 1.82) is 0 Å². The van der Waals surface area contributed by atoms with E-state index in [1.807, 2.05) is 0 Å². The van der Waals surface area contributed by atoms with Crippen molar-refractivity contribution in [1.82, 2.24) is 0 Å². The smallest absolute Gasteiger partial charge is 0.338 e.